The summed E-state index contributed by atoms with van der Waals surface area (Å²) in [6, 6.07) is 0. The van der Waals surface area contributed by atoms with Crippen LogP contribution in [-0.2, 0) is 9.53 Å². The lowest BCUT2D eigenvalue weighted by atomic mass is 9.85. The van der Waals surface area contributed by atoms with Crippen LogP contribution in [0.15, 0.2) is 0 Å². The molecule has 1 saturated heterocycles. The Labute approximate surface area is 114 Å². The van der Waals surface area contributed by atoms with Gasteiger partial charge in [0.05, 0.1) is 12.1 Å². The molecule has 1 amide bonds. The van der Waals surface area contributed by atoms with Crippen LogP contribution in [0.4, 0.5) is 0 Å². The van der Waals surface area contributed by atoms with E-state index < -0.39 is 5.54 Å². The van der Waals surface area contributed by atoms with E-state index in [1.54, 1.807) is 0 Å². The summed E-state index contributed by atoms with van der Waals surface area (Å²) in [6.45, 7) is 1.29. The van der Waals surface area contributed by atoms with Crippen molar-refractivity contribution >= 4 is 5.91 Å². The molecular weight excluding hydrogens is 242 g/mol. The van der Waals surface area contributed by atoms with Gasteiger partial charge in [-0.05, 0) is 49.9 Å². The number of aliphatic hydroxyl groups excluding tert-OH is 1. The van der Waals surface area contributed by atoms with Crippen molar-refractivity contribution < 1.29 is 14.6 Å². The molecule has 108 valence electrons. The average Bonchev–Trinajstić information content (AvgIpc) is 3.02. The number of fused-ring (bicyclic) bond motifs is 2. The van der Waals surface area contributed by atoms with Crippen LogP contribution in [0.5, 0.6) is 0 Å². The van der Waals surface area contributed by atoms with Gasteiger partial charge < -0.3 is 15.2 Å². The molecule has 3 rings (SSSR count). The molecule has 1 heterocycles. The van der Waals surface area contributed by atoms with E-state index in [0.717, 1.165) is 24.7 Å². The van der Waals surface area contributed by atoms with E-state index in [2.05, 4.69) is 5.32 Å². The molecule has 2 N–H and O–H groups in total. The molecule has 1 aliphatic heterocycles. The third-order valence-electron chi connectivity index (χ3n) is 5.49. The molecule has 0 unspecified atom stereocenters. The minimum atomic E-state index is -0.424. The highest BCUT2D eigenvalue weighted by Crippen LogP contribution is 2.49. The molecule has 3 aliphatic rings. The first-order valence-corrected chi connectivity index (χ1v) is 7.70. The standard InChI is InChI=1S/C15H25NO3/c17-10-15(3-5-19-6-4-15)16-14(18)9-13-8-11-1-2-12(13)7-11/h11-13,17H,1-10H2,(H,16,18)/t11-,12-,13-/m0/s1. The Hall–Kier alpha value is -0.610. The Morgan fingerprint density at radius 1 is 1.26 bits per heavy atom. The number of rotatable bonds is 4. The summed E-state index contributed by atoms with van der Waals surface area (Å²) in [4.78, 5) is 12.2. The normalized spacial score (nSPS) is 36.4. The molecule has 3 atom stereocenters. The molecule has 2 aliphatic carbocycles. The predicted octanol–water partition coefficient (Wildman–Crippen LogP) is 1.47. The molecule has 0 spiro atoms. The number of carbonyl (C=O) groups excluding carboxylic acids is 1. The second-order valence-electron chi connectivity index (χ2n) is 6.74. The summed E-state index contributed by atoms with van der Waals surface area (Å²) in [7, 11) is 0. The van der Waals surface area contributed by atoms with E-state index in [-0.39, 0.29) is 12.5 Å². The number of hydrogen-bond acceptors (Lipinski definition) is 3. The van der Waals surface area contributed by atoms with Crippen molar-refractivity contribution in [1.29, 1.82) is 0 Å². The highest BCUT2D eigenvalue weighted by molar-refractivity contribution is 5.77. The average molecular weight is 267 g/mol. The zero-order valence-electron chi connectivity index (χ0n) is 11.6. The lowest BCUT2D eigenvalue weighted by Gasteiger charge is -2.37. The Morgan fingerprint density at radius 2 is 2.05 bits per heavy atom. The maximum Gasteiger partial charge on any atom is 0.220 e. The molecule has 19 heavy (non-hydrogen) atoms. The van der Waals surface area contributed by atoms with Crippen molar-refractivity contribution in [2.24, 2.45) is 17.8 Å². The predicted molar refractivity (Wildman–Crippen MR) is 71.6 cm³/mol. The maximum atomic E-state index is 12.2. The van der Waals surface area contributed by atoms with Crippen LogP contribution in [0.2, 0.25) is 0 Å². The van der Waals surface area contributed by atoms with Crippen LogP contribution in [-0.4, -0.2) is 36.4 Å². The van der Waals surface area contributed by atoms with Crippen LogP contribution in [0.3, 0.4) is 0 Å². The first kappa shape index (κ1) is 13.4. The molecule has 4 nitrogen and oxygen atoms in total. The van der Waals surface area contributed by atoms with Crippen LogP contribution < -0.4 is 5.32 Å². The van der Waals surface area contributed by atoms with Gasteiger partial charge in [-0.15, -0.1) is 0 Å². The third-order valence-corrected chi connectivity index (χ3v) is 5.49. The van der Waals surface area contributed by atoms with Gasteiger partial charge in [0.25, 0.3) is 0 Å². The van der Waals surface area contributed by atoms with Crippen LogP contribution >= 0.6 is 0 Å². The molecule has 0 aromatic rings. The second-order valence-corrected chi connectivity index (χ2v) is 6.74. The molecule has 4 heteroatoms. The fraction of sp³-hybridized carbons (Fsp3) is 0.933. The minimum Gasteiger partial charge on any atom is -0.394 e. The number of amides is 1. The number of nitrogens with one attached hydrogen (secondary N) is 1. The van der Waals surface area contributed by atoms with Crippen molar-refractivity contribution in [2.75, 3.05) is 19.8 Å². The topological polar surface area (TPSA) is 58.6 Å². The van der Waals surface area contributed by atoms with E-state index in [1.807, 2.05) is 0 Å². The van der Waals surface area contributed by atoms with Gasteiger partial charge in [-0.25, -0.2) is 0 Å². The molecular formula is C15H25NO3. The van der Waals surface area contributed by atoms with Crippen molar-refractivity contribution in [3.8, 4) is 0 Å². The Bertz CT molecular complexity index is 338. The van der Waals surface area contributed by atoms with Crippen molar-refractivity contribution in [3.05, 3.63) is 0 Å². The highest BCUT2D eigenvalue weighted by atomic mass is 16.5. The zero-order valence-corrected chi connectivity index (χ0v) is 11.6. The van der Waals surface area contributed by atoms with Crippen LogP contribution in [0.1, 0.15) is 44.9 Å². The quantitative estimate of drug-likeness (QED) is 0.811. The van der Waals surface area contributed by atoms with Gasteiger partial charge in [0.15, 0.2) is 0 Å². The second kappa shape index (κ2) is 5.41. The van der Waals surface area contributed by atoms with Crippen molar-refractivity contribution in [3.63, 3.8) is 0 Å². The van der Waals surface area contributed by atoms with Crippen molar-refractivity contribution in [2.45, 2.75) is 50.5 Å². The SMILES string of the molecule is O=C(C[C@@H]1C[C@H]2CC[C@H]1C2)NC1(CO)CCOCC1. The third kappa shape index (κ3) is 2.79. The summed E-state index contributed by atoms with van der Waals surface area (Å²) >= 11 is 0. The highest BCUT2D eigenvalue weighted by Gasteiger charge is 2.41. The van der Waals surface area contributed by atoms with Gasteiger partial charge >= 0.3 is 0 Å². The van der Waals surface area contributed by atoms with Gasteiger partial charge in [0.2, 0.25) is 5.91 Å². The first-order valence-electron chi connectivity index (χ1n) is 7.70. The van der Waals surface area contributed by atoms with E-state index in [9.17, 15) is 9.90 Å². The summed E-state index contributed by atoms with van der Waals surface area (Å²) in [5, 5.41) is 12.7. The van der Waals surface area contributed by atoms with E-state index >= 15 is 0 Å². The first-order chi connectivity index (χ1) is 9.21. The molecule has 0 radical (unpaired) electrons. The maximum absolute atomic E-state index is 12.2. The number of hydrogen-bond donors (Lipinski definition) is 2. The van der Waals surface area contributed by atoms with Gasteiger partial charge in [0, 0.05) is 19.6 Å². The molecule has 0 aromatic heterocycles. The van der Waals surface area contributed by atoms with E-state index in [1.165, 1.54) is 25.7 Å². The van der Waals surface area contributed by atoms with Gasteiger partial charge in [-0.3, -0.25) is 4.79 Å². The largest absolute Gasteiger partial charge is 0.394 e. The van der Waals surface area contributed by atoms with E-state index in [0.29, 0.717) is 25.6 Å². The minimum absolute atomic E-state index is 0.0266. The number of ether oxygens (including phenoxy) is 1. The Kier molecular flexibility index (Phi) is 3.81. The van der Waals surface area contributed by atoms with Gasteiger partial charge in [0.1, 0.15) is 0 Å². The fourth-order valence-electron chi connectivity index (χ4n) is 4.30. The Morgan fingerprint density at radius 3 is 2.63 bits per heavy atom. The smallest absolute Gasteiger partial charge is 0.220 e. The molecule has 2 saturated carbocycles. The lowest BCUT2D eigenvalue weighted by Crippen LogP contribution is -2.54. The summed E-state index contributed by atoms with van der Waals surface area (Å²) in [6.07, 6.45) is 7.40. The summed E-state index contributed by atoms with van der Waals surface area (Å²) in [5.41, 5.74) is -0.424. The van der Waals surface area contributed by atoms with Crippen LogP contribution in [0.25, 0.3) is 0 Å². The van der Waals surface area contributed by atoms with Crippen molar-refractivity contribution in [1.82, 2.24) is 5.32 Å². The lowest BCUT2D eigenvalue weighted by molar-refractivity contribution is -0.126. The van der Waals surface area contributed by atoms with E-state index in [4.69, 9.17) is 4.74 Å². The monoisotopic (exact) mass is 267 g/mol. The Balaban J connectivity index is 1.52. The molecule has 0 aromatic carbocycles. The zero-order chi connectivity index (χ0) is 13.3. The summed E-state index contributed by atoms with van der Waals surface area (Å²) in [5.74, 6) is 2.40. The fourth-order valence-corrected chi connectivity index (χ4v) is 4.30. The van der Waals surface area contributed by atoms with Crippen LogP contribution in [0, 0.1) is 17.8 Å². The van der Waals surface area contributed by atoms with Gasteiger partial charge in [-0.1, -0.05) is 6.42 Å². The summed E-state index contributed by atoms with van der Waals surface area (Å²) < 4.78 is 5.32. The molecule has 3 fully saturated rings. The number of aliphatic hydroxyl groups is 1. The number of carbonyl (C=O) groups is 1. The van der Waals surface area contributed by atoms with Gasteiger partial charge in [-0.2, -0.15) is 0 Å². The molecule has 2 bridgehead atoms.